The highest BCUT2D eigenvalue weighted by Crippen LogP contribution is 2.25. The van der Waals surface area contributed by atoms with Crippen LogP contribution >= 0.6 is 0 Å². The lowest BCUT2D eigenvalue weighted by Crippen LogP contribution is -2.42. The molecular formula is C14H25N3O2. The van der Waals surface area contributed by atoms with Gasteiger partial charge >= 0.3 is 0 Å². The first-order valence-corrected chi connectivity index (χ1v) is 6.90. The molecule has 0 N–H and O–H groups in total. The van der Waals surface area contributed by atoms with Crippen molar-refractivity contribution < 1.29 is 9.47 Å². The molecule has 0 amide bonds. The van der Waals surface area contributed by atoms with Crippen molar-refractivity contribution in [3.8, 4) is 6.07 Å². The molecule has 0 fully saturated rings. The number of nitriles is 1. The first-order valence-electron chi connectivity index (χ1n) is 6.90. The summed E-state index contributed by atoms with van der Waals surface area (Å²) in [6.45, 7) is 5.24. The van der Waals surface area contributed by atoms with Gasteiger partial charge in [-0.1, -0.05) is 0 Å². The van der Waals surface area contributed by atoms with E-state index in [-0.39, 0.29) is 12.3 Å². The standard InChI is InChI=1S/C14H25N3O2/c1-5-18-14(19-6-2)9-12-7-8-13(10-15)17(11-12)16(3)4/h11,13-14H,5-9H2,1-4H3. The van der Waals surface area contributed by atoms with Crippen molar-refractivity contribution in [1.82, 2.24) is 10.0 Å². The van der Waals surface area contributed by atoms with Gasteiger partial charge in [-0.25, -0.2) is 5.01 Å². The molecule has 0 aromatic rings. The Bertz CT molecular complexity index is 330. The van der Waals surface area contributed by atoms with Gasteiger partial charge in [0.05, 0.1) is 6.07 Å². The molecule has 0 saturated heterocycles. The Hall–Kier alpha value is -1.09. The highest BCUT2D eigenvalue weighted by atomic mass is 16.7. The second kappa shape index (κ2) is 8.16. The average molecular weight is 267 g/mol. The molecule has 0 aliphatic carbocycles. The number of hydrogen-bond acceptors (Lipinski definition) is 5. The van der Waals surface area contributed by atoms with Crippen LogP contribution in [0.2, 0.25) is 0 Å². The summed E-state index contributed by atoms with van der Waals surface area (Å²) in [6, 6.07) is 2.26. The van der Waals surface area contributed by atoms with Crippen molar-refractivity contribution >= 4 is 0 Å². The summed E-state index contributed by atoms with van der Waals surface area (Å²) >= 11 is 0. The first kappa shape index (κ1) is 16.0. The summed E-state index contributed by atoms with van der Waals surface area (Å²) in [4.78, 5) is 0. The molecule has 0 spiro atoms. The lowest BCUT2D eigenvalue weighted by atomic mass is 10.00. The van der Waals surface area contributed by atoms with Crippen LogP contribution in [0.5, 0.6) is 0 Å². The molecule has 0 aromatic heterocycles. The third kappa shape index (κ3) is 4.83. The highest BCUT2D eigenvalue weighted by Gasteiger charge is 2.24. The lowest BCUT2D eigenvalue weighted by Gasteiger charge is -2.36. The number of hydrazine groups is 1. The topological polar surface area (TPSA) is 48.7 Å². The SMILES string of the molecule is CCOC(CC1=CN(N(C)C)C(C#N)CC1)OCC. The van der Waals surface area contributed by atoms with Gasteiger partial charge in [0, 0.05) is 39.9 Å². The summed E-state index contributed by atoms with van der Waals surface area (Å²) in [5.41, 5.74) is 1.27. The molecule has 0 aromatic carbocycles. The molecule has 5 nitrogen and oxygen atoms in total. The monoisotopic (exact) mass is 267 g/mol. The molecular weight excluding hydrogens is 242 g/mol. The highest BCUT2D eigenvalue weighted by molar-refractivity contribution is 5.11. The van der Waals surface area contributed by atoms with Crippen LogP contribution in [0.25, 0.3) is 0 Å². The van der Waals surface area contributed by atoms with Crippen molar-refractivity contribution in [3.05, 3.63) is 11.8 Å². The van der Waals surface area contributed by atoms with Crippen molar-refractivity contribution in [1.29, 1.82) is 5.26 Å². The molecule has 1 atom stereocenters. The summed E-state index contributed by atoms with van der Waals surface area (Å²) in [6.07, 6.45) is 4.43. The van der Waals surface area contributed by atoms with E-state index in [0.717, 1.165) is 19.3 Å². The Morgan fingerprint density at radius 3 is 2.53 bits per heavy atom. The minimum atomic E-state index is -0.177. The van der Waals surface area contributed by atoms with Crippen molar-refractivity contribution in [2.45, 2.75) is 45.4 Å². The second-order valence-corrected chi connectivity index (χ2v) is 4.74. The Morgan fingerprint density at radius 2 is 2.05 bits per heavy atom. The largest absolute Gasteiger partial charge is 0.353 e. The Morgan fingerprint density at radius 1 is 1.42 bits per heavy atom. The van der Waals surface area contributed by atoms with Crippen LogP contribution in [-0.4, -0.2) is 49.7 Å². The van der Waals surface area contributed by atoms with E-state index < -0.39 is 0 Å². The maximum absolute atomic E-state index is 9.15. The van der Waals surface area contributed by atoms with Crippen LogP contribution in [0, 0.1) is 11.3 Å². The molecule has 1 aliphatic rings. The van der Waals surface area contributed by atoms with Gasteiger partial charge in [-0.05, 0) is 32.3 Å². The zero-order chi connectivity index (χ0) is 14.3. The number of ether oxygens (including phenoxy) is 2. The van der Waals surface area contributed by atoms with Crippen LogP contribution in [0.15, 0.2) is 11.8 Å². The number of hydrogen-bond donors (Lipinski definition) is 0. The predicted octanol–water partition coefficient (Wildman–Crippen LogP) is 2.12. The van der Waals surface area contributed by atoms with Crippen molar-refractivity contribution in [3.63, 3.8) is 0 Å². The first-order chi connectivity index (χ1) is 9.12. The van der Waals surface area contributed by atoms with Crippen LogP contribution < -0.4 is 0 Å². The molecule has 1 heterocycles. The third-order valence-corrected chi connectivity index (χ3v) is 3.12. The fourth-order valence-electron chi connectivity index (χ4n) is 2.22. The smallest absolute Gasteiger partial charge is 0.161 e. The van der Waals surface area contributed by atoms with E-state index in [1.165, 1.54) is 5.57 Å². The molecule has 1 rings (SSSR count). The van der Waals surface area contributed by atoms with E-state index in [0.29, 0.717) is 13.2 Å². The van der Waals surface area contributed by atoms with Gasteiger partial charge in [-0.15, -0.1) is 0 Å². The molecule has 0 bridgehead atoms. The van der Waals surface area contributed by atoms with E-state index in [2.05, 4.69) is 12.3 Å². The molecule has 19 heavy (non-hydrogen) atoms. The van der Waals surface area contributed by atoms with Crippen molar-refractivity contribution in [2.75, 3.05) is 27.3 Å². The van der Waals surface area contributed by atoms with Gasteiger partial charge < -0.3 is 9.47 Å². The maximum atomic E-state index is 9.15. The maximum Gasteiger partial charge on any atom is 0.161 e. The van der Waals surface area contributed by atoms with Crippen LogP contribution in [0.1, 0.15) is 33.1 Å². The van der Waals surface area contributed by atoms with Crippen LogP contribution in [-0.2, 0) is 9.47 Å². The van der Waals surface area contributed by atoms with E-state index in [4.69, 9.17) is 14.7 Å². The van der Waals surface area contributed by atoms with Crippen molar-refractivity contribution in [2.24, 2.45) is 0 Å². The van der Waals surface area contributed by atoms with Crippen LogP contribution in [0.4, 0.5) is 0 Å². The average Bonchev–Trinajstić information content (AvgIpc) is 2.39. The van der Waals surface area contributed by atoms with Gasteiger partial charge in [0.1, 0.15) is 6.04 Å². The Kier molecular flexibility index (Phi) is 6.85. The van der Waals surface area contributed by atoms with E-state index in [9.17, 15) is 0 Å². The minimum absolute atomic E-state index is 0.0728. The molecule has 108 valence electrons. The van der Waals surface area contributed by atoms with Gasteiger partial charge in [-0.2, -0.15) is 5.26 Å². The van der Waals surface area contributed by atoms with Gasteiger partial charge in [0.15, 0.2) is 6.29 Å². The van der Waals surface area contributed by atoms with Crippen LogP contribution in [0.3, 0.4) is 0 Å². The van der Waals surface area contributed by atoms with Gasteiger partial charge in [0.25, 0.3) is 0 Å². The molecule has 0 radical (unpaired) electrons. The fourth-order valence-corrected chi connectivity index (χ4v) is 2.22. The second-order valence-electron chi connectivity index (χ2n) is 4.74. The fraction of sp³-hybridized carbons (Fsp3) is 0.786. The normalized spacial score (nSPS) is 19.7. The lowest BCUT2D eigenvalue weighted by molar-refractivity contribution is -0.135. The molecule has 1 unspecified atom stereocenters. The Balaban J connectivity index is 2.69. The predicted molar refractivity (Wildman–Crippen MR) is 73.9 cm³/mol. The Labute approximate surface area is 116 Å². The molecule has 5 heteroatoms. The molecule has 0 saturated carbocycles. The summed E-state index contributed by atoms with van der Waals surface area (Å²) in [7, 11) is 3.90. The summed E-state index contributed by atoms with van der Waals surface area (Å²) in [5.74, 6) is 0. The van der Waals surface area contributed by atoms with Gasteiger partial charge in [-0.3, -0.25) is 5.01 Å². The molecule has 1 aliphatic heterocycles. The minimum Gasteiger partial charge on any atom is -0.353 e. The van der Waals surface area contributed by atoms with Gasteiger partial charge in [0.2, 0.25) is 0 Å². The van der Waals surface area contributed by atoms with E-state index in [1.54, 1.807) is 0 Å². The zero-order valence-corrected chi connectivity index (χ0v) is 12.4. The number of nitrogens with zero attached hydrogens (tertiary/aromatic N) is 3. The van der Waals surface area contributed by atoms with E-state index >= 15 is 0 Å². The summed E-state index contributed by atoms with van der Waals surface area (Å²) in [5, 5.41) is 13.1. The quantitative estimate of drug-likeness (QED) is 0.661. The zero-order valence-electron chi connectivity index (χ0n) is 12.4. The number of rotatable bonds is 7. The van der Waals surface area contributed by atoms with E-state index in [1.807, 2.05) is 38.0 Å². The summed E-state index contributed by atoms with van der Waals surface area (Å²) < 4.78 is 11.1. The third-order valence-electron chi connectivity index (χ3n) is 3.12.